The highest BCUT2D eigenvalue weighted by Gasteiger charge is 2.26. The maximum absolute atomic E-state index is 11.6. The van der Waals surface area contributed by atoms with E-state index in [0.717, 1.165) is 6.26 Å². The molecule has 0 amide bonds. The highest BCUT2D eigenvalue weighted by Crippen LogP contribution is 2.29. The van der Waals surface area contributed by atoms with E-state index in [0.29, 0.717) is 6.42 Å². The van der Waals surface area contributed by atoms with E-state index in [2.05, 4.69) is 0 Å². The Morgan fingerprint density at radius 2 is 1.95 bits per heavy atom. The number of aliphatic hydroxyl groups is 1. The minimum atomic E-state index is -3.68. The Hall–Kier alpha value is -1.47. The van der Waals surface area contributed by atoms with E-state index >= 15 is 0 Å². The molecule has 0 radical (unpaired) electrons. The summed E-state index contributed by atoms with van der Waals surface area (Å²) in [6.45, 7) is 3.87. The van der Waals surface area contributed by atoms with Crippen molar-refractivity contribution in [3.05, 3.63) is 33.9 Å². The lowest BCUT2D eigenvalue weighted by Crippen LogP contribution is -2.15. The molecule has 7 heteroatoms. The fourth-order valence-electron chi connectivity index (χ4n) is 2.12. The molecule has 0 heterocycles. The molecule has 0 aliphatic rings. The zero-order valence-electron chi connectivity index (χ0n) is 11.7. The van der Waals surface area contributed by atoms with Gasteiger partial charge in [0.1, 0.15) is 4.90 Å². The van der Waals surface area contributed by atoms with Gasteiger partial charge in [0.05, 0.1) is 11.0 Å². The topological polar surface area (TPSA) is 97.5 Å². The standard InChI is InChI=1S/C13H19NO5S/c1-9(2)7-11(15)8-10-5-4-6-12(20(3,18)19)13(10)14(16)17/h4-6,9,11,15H,7-8H2,1-3H3. The summed E-state index contributed by atoms with van der Waals surface area (Å²) in [5.41, 5.74) is -0.191. The van der Waals surface area contributed by atoms with E-state index in [1.165, 1.54) is 18.2 Å². The van der Waals surface area contributed by atoms with Gasteiger partial charge >= 0.3 is 0 Å². The second-order valence-corrected chi connectivity index (χ2v) is 7.26. The van der Waals surface area contributed by atoms with Gasteiger partial charge in [-0.1, -0.05) is 26.0 Å². The zero-order valence-corrected chi connectivity index (χ0v) is 12.6. The van der Waals surface area contributed by atoms with Crippen LogP contribution in [0.25, 0.3) is 0 Å². The summed E-state index contributed by atoms with van der Waals surface area (Å²) in [5.74, 6) is 0.252. The van der Waals surface area contributed by atoms with E-state index in [-0.39, 0.29) is 22.8 Å². The number of nitro benzene ring substituents is 1. The number of sulfone groups is 1. The van der Waals surface area contributed by atoms with Crippen molar-refractivity contribution in [2.75, 3.05) is 6.26 Å². The molecule has 20 heavy (non-hydrogen) atoms. The predicted molar refractivity (Wildman–Crippen MR) is 75.4 cm³/mol. The van der Waals surface area contributed by atoms with Gasteiger partial charge in [-0.15, -0.1) is 0 Å². The van der Waals surface area contributed by atoms with E-state index in [1.54, 1.807) is 0 Å². The van der Waals surface area contributed by atoms with E-state index in [9.17, 15) is 23.6 Å². The number of nitro groups is 1. The normalized spacial score (nSPS) is 13.4. The lowest BCUT2D eigenvalue weighted by molar-refractivity contribution is -0.388. The molecule has 0 bridgehead atoms. The monoisotopic (exact) mass is 301 g/mol. The van der Waals surface area contributed by atoms with Crippen LogP contribution < -0.4 is 0 Å². The maximum atomic E-state index is 11.6. The third-order valence-electron chi connectivity index (χ3n) is 2.86. The first-order chi connectivity index (χ1) is 9.12. The Morgan fingerprint density at radius 1 is 1.35 bits per heavy atom. The molecule has 0 aliphatic heterocycles. The number of hydrogen-bond donors (Lipinski definition) is 1. The second kappa shape index (κ2) is 6.32. The van der Waals surface area contributed by atoms with E-state index < -0.39 is 26.6 Å². The Kier molecular flexibility index (Phi) is 5.24. The molecule has 1 rings (SSSR count). The smallest absolute Gasteiger partial charge is 0.291 e. The SMILES string of the molecule is CC(C)CC(O)Cc1cccc(S(C)(=O)=O)c1[N+](=O)[O-]. The fourth-order valence-corrected chi connectivity index (χ4v) is 3.00. The van der Waals surface area contributed by atoms with Crippen LogP contribution in [-0.2, 0) is 16.3 Å². The van der Waals surface area contributed by atoms with Crippen LogP contribution in [0.2, 0.25) is 0 Å². The maximum Gasteiger partial charge on any atom is 0.291 e. The molecule has 112 valence electrons. The van der Waals surface area contributed by atoms with Crippen LogP contribution in [0.3, 0.4) is 0 Å². The number of benzene rings is 1. The summed E-state index contributed by atoms with van der Waals surface area (Å²) < 4.78 is 23.2. The molecule has 0 aromatic heterocycles. The molecule has 1 atom stereocenters. The third-order valence-corrected chi connectivity index (χ3v) is 3.99. The van der Waals surface area contributed by atoms with E-state index in [1.807, 2.05) is 13.8 Å². The second-order valence-electron chi connectivity index (χ2n) is 5.28. The Balaban J connectivity index is 3.24. The molecule has 1 N–H and O–H groups in total. The minimum absolute atomic E-state index is 0.0673. The highest BCUT2D eigenvalue weighted by atomic mass is 32.2. The van der Waals surface area contributed by atoms with Crippen LogP contribution in [0.15, 0.2) is 23.1 Å². The largest absolute Gasteiger partial charge is 0.393 e. The molecule has 6 nitrogen and oxygen atoms in total. The Bertz CT molecular complexity index is 595. The molecule has 0 saturated heterocycles. The predicted octanol–water partition coefficient (Wildman–Crippen LogP) is 1.95. The van der Waals surface area contributed by atoms with Gasteiger partial charge in [-0.25, -0.2) is 8.42 Å². The van der Waals surface area contributed by atoms with Crippen molar-refractivity contribution < 1.29 is 18.4 Å². The van der Waals surface area contributed by atoms with Crippen LogP contribution in [0.4, 0.5) is 5.69 Å². The molecule has 0 aliphatic carbocycles. The first-order valence-corrected chi connectivity index (χ1v) is 8.16. The molecular weight excluding hydrogens is 282 g/mol. The molecular formula is C13H19NO5S. The molecule has 1 aromatic carbocycles. The van der Waals surface area contributed by atoms with Gasteiger partial charge in [0.2, 0.25) is 0 Å². The summed E-state index contributed by atoms with van der Waals surface area (Å²) >= 11 is 0. The highest BCUT2D eigenvalue weighted by molar-refractivity contribution is 7.90. The summed E-state index contributed by atoms with van der Waals surface area (Å²) in [7, 11) is -3.68. The zero-order chi connectivity index (χ0) is 15.5. The van der Waals surface area contributed by atoms with Crippen molar-refractivity contribution in [2.45, 2.75) is 37.7 Å². The number of nitrogens with zero attached hydrogens (tertiary/aromatic N) is 1. The average molecular weight is 301 g/mol. The number of aliphatic hydroxyl groups excluding tert-OH is 1. The first kappa shape index (κ1) is 16.6. The number of rotatable bonds is 6. The van der Waals surface area contributed by atoms with Gasteiger partial charge < -0.3 is 5.11 Å². The summed E-state index contributed by atoms with van der Waals surface area (Å²) in [6.07, 6.45) is 0.769. The molecule has 0 spiro atoms. The summed E-state index contributed by atoms with van der Waals surface area (Å²) in [6, 6.07) is 4.16. The van der Waals surface area contributed by atoms with Gasteiger partial charge in [-0.2, -0.15) is 0 Å². The Morgan fingerprint density at radius 3 is 2.40 bits per heavy atom. The van der Waals surface area contributed by atoms with Gasteiger partial charge in [-0.3, -0.25) is 10.1 Å². The number of para-hydroxylation sites is 1. The molecule has 0 fully saturated rings. The van der Waals surface area contributed by atoms with Crippen LogP contribution in [-0.4, -0.2) is 30.8 Å². The van der Waals surface area contributed by atoms with Crippen LogP contribution in [0.1, 0.15) is 25.8 Å². The van der Waals surface area contributed by atoms with Crippen molar-refractivity contribution in [2.24, 2.45) is 5.92 Å². The minimum Gasteiger partial charge on any atom is -0.393 e. The molecule has 1 aromatic rings. The van der Waals surface area contributed by atoms with Crippen LogP contribution in [0, 0.1) is 16.0 Å². The molecule has 0 saturated carbocycles. The third kappa shape index (κ3) is 4.28. The summed E-state index contributed by atoms with van der Waals surface area (Å²) in [5, 5.41) is 21.1. The van der Waals surface area contributed by atoms with Crippen molar-refractivity contribution in [3.8, 4) is 0 Å². The number of hydrogen-bond acceptors (Lipinski definition) is 5. The van der Waals surface area contributed by atoms with Crippen LogP contribution >= 0.6 is 0 Å². The van der Waals surface area contributed by atoms with Crippen molar-refractivity contribution in [1.29, 1.82) is 0 Å². The van der Waals surface area contributed by atoms with Crippen molar-refractivity contribution in [3.63, 3.8) is 0 Å². The van der Waals surface area contributed by atoms with Gasteiger partial charge in [0, 0.05) is 18.2 Å². The van der Waals surface area contributed by atoms with Gasteiger partial charge in [-0.05, 0) is 18.4 Å². The van der Waals surface area contributed by atoms with Crippen molar-refractivity contribution in [1.82, 2.24) is 0 Å². The Labute approximate surface area is 118 Å². The van der Waals surface area contributed by atoms with Crippen LogP contribution in [0.5, 0.6) is 0 Å². The fraction of sp³-hybridized carbons (Fsp3) is 0.538. The molecule has 1 unspecified atom stereocenters. The van der Waals surface area contributed by atoms with Gasteiger partial charge in [0.25, 0.3) is 5.69 Å². The van der Waals surface area contributed by atoms with Crippen molar-refractivity contribution >= 4 is 15.5 Å². The summed E-state index contributed by atoms with van der Waals surface area (Å²) in [4.78, 5) is 10.1. The van der Waals surface area contributed by atoms with Gasteiger partial charge in [0.15, 0.2) is 9.84 Å². The first-order valence-electron chi connectivity index (χ1n) is 6.27. The quantitative estimate of drug-likeness (QED) is 0.639. The lowest BCUT2D eigenvalue weighted by atomic mass is 9.99. The van der Waals surface area contributed by atoms with E-state index in [4.69, 9.17) is 0 Å². The lowest BCUT2D eigenvalue weighted by Gasteiger charge is -2.14. The average Bonchev–Trinajstić information content (AvgIpc) is 2.25.